The van der Waals surface area contributed by atoms with E-state index >= 15 is 0 Å². The van der Waals surface area contributed by atoms with Gasteiger partial charge in [0.2, 0.25) is 0 Å². The fourth-order valence-electron chi connectivity index (χ4n) is 2.92. The highest BCUT2D eigenvalue weighted by molar-refractivity contribution is 7.12. The van der Waals surface area contributed by atoms with Crippen molar-refractivity contribution in [3.63, 3.8) is 0 Å². The number of rotatable bonds is 8. The molecule has 3 heterocycles. The number of carboxylic acids is 1. The first-order valence-electron chi connectivity index (χ1n) is 8.78. The summed E-state index contributed by atoms with van der Waals surface area (Å²) < 4.78 is 6.41. The first-order chi connectivity index (χ1) is 13.7. The lowest BCUT2D eigenvalue weighted by molar-refractivity contribution is 0.0701. The van der Waals surface area contributed by atoms with Crippen molar-refractivity contribution in [1.29, 1.82) is 0 Å². The van der Waals surface area contributed by atoms with E-state index in [1.54, 1.807) is 24.6 Å². The number of aliphatic hydroxyl groups is 1. The Morgan fingerprint density at radius 2 is 2.14 bits per heavy atom. The van der Waals surface area contributed by atoms with Gasteiger partial charge < -0.3 is 20.1 Å². The maximum atomic E-state index is 12.5. The Bertz CT molecular complexity index is 1040. The Morgan fingerprint density at radius 3 is 2.83 bits per heavy atom. The van der Waals surface area contributed by atoms with Crippen LogP contribution in [0.15, 0.2) is 22.2 Å². The minimum Gasteiger partial charge on any atom is -0.477 e. The molecular formula is C18H21N5O5S. The van der Waals surface area contributed by atoms with Crippen LogP contribution in [0.4, 0.5) is 0 Å². The molecule has 0 spiro atoms. The molecule has 154 valence electrons. The highest BCUT2D eigenvalue weighted by atomic mass is 32.1. The van der Waals surface area contributed by atoms with Gasteiger partial charge in [-0.25, -0.2) is 9.48 Å². The summed E-state index contributed by atoms with van der Waals surface area (Å²) in [7, 11) is 0. The SMILES string of the molecule is Cc1onc(CO)c1C(=O)NCC(C)(C)Cc1cn(-c2ccsc2C(=O)O)nn1. The number of nitrogens with one attached hydrogen (secondary N) is 1. The first kappa shape index (κ1) is 20.7. The number of carbonyl (C=O) groups excluding carboxylic acids is 1. The molecule has 0 aliphatic rings. The lowest BCUT2D eigenvalue weighted by atomic mass is 9.88. The molecule has 3 aromatic rings. The van der Waals surface area contributed by atoms with E-state index < -0.39 is 5.97 Å². The number of hydrogen-bond donors (Lipinski definition) is 3. The summed E-state index contributed by atoms with van der Waals surface area (Å²) >= 11 is 1.12. The van der Waals surface area contributed by atoms with Crippen molar-refractivity contribution in [2.24, 2.45) is 5.41 Å². The Morgan fingerprint density at radius 1 is 1.38 bits per heavy atom. The predicted octanol–water partition coefficient (Wildman–Crippen LogP) is 1.81. The monoisotopic (exact) mass is 419 g/mol. The number of carboxylic acid groups (broad SMARTS) is 1. The maximum Gasteiger partial charge on any atom is 0.348 e. The van der Waals surface area contributed by atoms with Crippen LogP contribution in [-0.4, -0.2) is 48.8 Å². The zero-order valence-corrected chi connectivity index (χ0v) is 17.0. The lowest BCUT2D eigenvalue weighted by Crippen LogP contribution is -2.35. The smallest absolute Gasteiger partial charge is 0.348 e. The van der Waals surface area contributed by atoms with Gasteiger partial charge in [-0.05, 0) is 30.2 Å². The summed E-state index contributed by atoms with van der Waals surface area (Å²) in [5.74, 6) is -1.03. The molecule has 0 aromatic carbocycles. The van der Waals surface area contributed by atoms with Crippen LogP contribution >= 0.6 is 11.3 Å². The van der Waals surface area contributed by atoms with Crippen molar-refractivity contribution in [2.75, 3.05) is 6.54 Å². The summed E-state index contributed by atoms with van der Waals surface area (Å²) in [6, 6.07) is 1.68. The average Bonchev–Trinajstić information content (AvgIpc) is 3.38. The number of aromatic carboxylic acids is 1. The van der Waals surface area contributed by atoms with Gasteiger partial charge in [0.25, 0.3) is 5.91 Å². The number of amides is 1. The summed E-state index contributed by atoms with van der Waals surface area (Å²) in [4.78, 5) is 23.9. The highest BCUT2D eigenvalue weighted by Crippen LogP contribution is 2.23. The quantitative estimate of drug-likeness (QED) is 0.501. The molecule has 3 rings (SSSR count). The topological polar surface area (TPSA) is 143 Å². The number of aromatic nitrogens is 4. The van der Waals surface area contributed by atoms with Crippen molar-refractivity contribution in [2.45, 2.75) is 33.8 Å². The van der Waals surface area contributed by atoms with Gasteiger partial charge >= 0.3 is 5.97 Å². The largest absolute Gasteiger partial charge is 0.477 e. The molecule has 11 heteroatoms. The van der Waals surface area contributed by atoms with Crippen LogP contribution < -0.4 is 5.32 Å². The van der Waals surface area contributed by atoms with E-state index in [-0.39, 0.29) is 34.1 Å². The first-order valence-corrected chi connectivity index (χ1v) is 9.66. The molecule has 0 fully saturated rings. The van der Waals surface area contributed by atoms with E-state index in [4.69, 9.17) is 4.52 Å². The van der Waals surface area contributed by atoms with Crippen LogP contribution in [-0.2, 0) is 13.0 Å². The normalized spacial score (nSPS) is 11.6. The second-order valence-electron chi connectivity index (χ2n) is 7.34. The molecule has 3 aromatic heterocycles. The summed E-state index contributed by atoms with van der Waals surface area (Å²) in [6.45, 7) is 5.50. The third-order valence-electron chi connectivity index (χ3n) is 4.32. The van der Waals surface area contributed by atoms with Crippen molar-refractivity contribution < 1.29 is 24.3 Å². The molecule has 0 saturated carbocycles. The van der Waals surface area contributed by atoms with Crippen LogP contribution in [0.25, 0.3) is 5.69 Å². The van der Waals surface area contributed by atoms with Crippen LogP contribution in [0.5, 0.6) is 0 Å². The number of nitrogens with zero attached hydrogens (tertiary/aromatic N) is 4. The van der Waals surface area contributed by atoms with E-state index in [2.05, 4.69) is 20.8 Å². The third-order valence-corrected chi connectivity index (χ3v) is 5.22. The number of aliphatic hydroxyl groups excluding tert-OH is 1. The average molecular weight is 419 g/mol. The van der Waals surface area contributed by atoms with Crippen LogP contribution in [0.3, 0.4) is 0 Å². The predicted molar refractivity (Wildman–Crippen MR) is 103 cm³/mol. The molecule has 3 N–H and O–H groups in total. The lowest BCUT2D eigenvalue weighted by Gasteiger charge is -2.23. The highest BCUT2D eigenvalue weighted by Gasteiger charge is 2.25. The standard InChI is InChI=1S/C18H21N5O5S/c1-10-14(12(8-24)21-28-10)16(25)19-9-18(2,3)6-11-7-23(22-20-11)13-4-5-29-15(13)17(26)27/h4-5,7,24H,6,8-9H2,1-3H3,(H,19,25)(H,26,27). The minimum absolute atomic E-state index is 0.191. The van der Waals surface area contributed by atoms with Crippen LogP contribution in [0, 0.1) is 12.3 Å². The zero-order chi connectivity index (χ0) is 21.2. The van der Waals surface area contributed by atoms with E-state index in [0.29, 0.717) is 30.1 Å². The Kier molecular flexibility index (Phi) is 5.80. The fraction of sp³-hybridized carbons (Fsp3) is 0.389. The van der Waals surface area contributed by atoms with Crippen molar-refractivity contribution in [3.05, 3.63) is 45.2 Å². The molecule has 0 aliphatic carbocycles. The fourth-order valence-corrected chi connectivity index (χ4v) is 3.63. The molecule has 0 saturated heterocycles. The second kappa shape index (κ2) is 8.13. The molecule has 0 atom stereocenters. The van der Waals surface area contributed by atoms with Crippen molar-refractivity contribution >= 4 is 23.2 Å². The minimum atomic E-state index is -1.01. The Hall–Kier alpha value is -3.05. The summed E-state index contributed by atoms with van der Waals surface area (Å²) in [5.41, 5.74) is 1.22. The molecular weight excluding hydrogens is 398 g/mol. The van der Waals surface area contributed by atoms with E-state index in [1.807, 2.05) is 13.8 Å². The molecule has 0 radical (unpaired) electrons. The summed E-state index contributed by atoms with van der Waals surface area (Å²) in [6.07, 6.45) is 2.20. The van der Waals surface area contributed by atoms with Gasteiger partial charge in [-0.2, -0.15) is 0 Å². The van der Waals surface area contributed by atoms with Gasteiger partial charge in [0, 0.05) is 6.54 Å². The van der Waals surface area contributed by atoms with Crippen molar-refractivity contribution in [3.8, 4) is 5.69 Å². The van der Waals surface area contributed by atoms with Gasteiger partial charge in [-0.1, -0.05) is 24.2 Å². The summed E-state index contributed by atoms with van der Waals surface area (Å²) in [5, 5.41) is 34.9. The number of aryl methyl sites for hydroxylation is 1. The number of carbonyl (C=O) groups is 2. The molecule has 29 heavy (non-hydrogen) atoms. The maximum absolute atomic E-state index is 12.5. The third kappa shape index (κ3) is 4.51. The number of hydrogen-bond acceptors (Lipinski definition) is 8. The van der Waals surface area contributed by atoms with E-state index in [1.165, 1.54) is 4.68 Å². The molecule has 0 unspecified atom stereocenters. The molecule has 1 amide bonds. The van der Waals surface area contributed by atoms with Gasteiger partial charge in [-0.15, -0.1) is 16.4 Å². The molecule has 0 aliphatic heterocycles. The van der Waals surface area contributed by atoms with Gasteiger partial charge in [0.1, 0.15) is 21.9 Å². The van der Waals surface area contributed by atoms with Crippen molar-refractivity contribution in [1.82, 2.24) is 25.5 Å². The zero-order valence-electron chi connectivity index (χ0n) is 16.2. The van der Waals surface area contributed by atoms with Crippen LogP contribution in [0.2, 0.25) is 0 Å². The van der Waals surface area contributed by atoms with Gasteiger partial charge in [-0.3, -0.25) is 4.79 Å². The number of thiophene rings is 1. The van der Waals surface area contributed by atoms with E-state index in [0.717, 1.165) is 11.3 Å². The Balaban J connectivity index is 1.66. The second-order valence-corrected chi connectivity index (χ2v) is 8.25. The van der Waals surface area contributed by atoms with Crippen LogP contribution in [0.1, 0.15) is 51.0 Å². The van der Waals surface area contributed by atoms with Gasteiger partial charge in [0.05, 0.1) is 24.2 Å². The molecule has 10 nitrogen and oxygen atoms in total. The van der Waals surface area contributed by atoms with Gasteiger partial charge in [0.15, 0.2) is 0 Å². The Labute approximate surface area is 170 Å². The molecule has 0 bridgehead atoms. The van der Waals surface area contributed by atoms with E-state index in [9.17, 15) is 19.8 Å².